The van der Waals surface area contributed by atoms with Gasteiger partial charge in [-0.1, -0.05) is 12.8 Å². The fraction of sp³-hybridized carbons (Fsp3) is 0.375. The first kappa shape index (κ1) is 15.6. The van der Waals surface area contributed by atoms with Crippen molar-refractivity contribution in [2.24, 2.45) is 0 Å². The lowest BCUT2D eigenvalue weighted by molar-refractivity contribution is -0.274. The van der Waals surface area contributed by atoms with Gasteiger partial charge in [0.25, 0.3) is 0 Å². The van der Waals surface area contributed by atoms with Crippen molar-refractivity contribution in [1.82, 2.24) is 4.98 Å². The maximum absolute atomic E-state index is 12.3. The van der Waals surface area contributed by atoms with Crippen LogP contribution in [0.5, 0.6) is 5.75 Å². The van der Waals surface area contributed by atoms with Gasteiger partial charge in [0.1, 0.15) is 5.75 Å². The van der Waals surface area contributed by atoms with Crippen molar-refractivity contribution in [3.05, 3.63) is 35.5 Å². The fourth-order valence-corrected chi connectivity index (χ4v) is 3.03. The van der Waals surface area contributed by atoms with Crippen molar-refractivity contribution < 1.29 is 27.8 Å². The zero-order valence-corrected chi connectivity index (χ0v) is 12.1. The highest BCUT2D eigenvalue weighted by atomic mass is 19.4. The van der Waals surface area contributed by atoms with Gasteiger partial charge >= 0.3 is 12.3 Å². The molecular formula is C16H14F3NO3. The lowest BCUT2D eigenvalue weighted by atomic mass is 9.99. The molecule has 0 aliphatic heterocycles. The molecule has 2 aromatic rings. The van der Waals surface area contributed by atoms with Crippen LogP contribution < -0.4 is 4.74 Å². The molecule has 1 N–H and O–H groups in total. The summed E-state index contributed by atoms with van der Waals surface area (Å²) in [5.41, 5.74) is 1.00. The third-order valence-electron chi connectivity index (χ3n) is 4.04. The number of nitrogens with zero attached hydrogens (tertiary/aromatic N) is 1. The molecule has 3 rings (SSSR count). The first-order valence-electron chi connectivity index (χ1n) is 7.27. The monoisotopic (exact) mass is 325 g/mol. The SMILES string of the molecule is O=C(O)c1cc(C2CCCC2)nc2ccc(OC(F)(F)F)cc12. The van der Waals surface area contributed by atoms with Gasteiger partial charge in [-0.15, -0.1) is 13.2 Å². The first-order valence-corrected chi connectivity index (χ1v) is 7.27. The number of carbonyl (C=O) groups is 1. The third kappa shape index (κ3) is 3.38. The van der Waals surface area contributed by atoms with Crippen LogP contribution in [0.25, 0.3) is 10.9 Å². The molecule has 0 saturated heterocycles. The number of benzene rings is 1. The minimum atomic E-state index is -4.83. The Balaban J connectivity index is 2.09. The Morgan fingerprint density at radius 3 is 2.52 bits per heavy atom. The highest BCUT2D eigenvalue weighted by Gasteiger charge is 2.31. The van der Waals surface area contributed by atoms with E-state index in [0.717, 1.165) is 37.8 Å². The molecular weight excluding hydrogens is 311 g/mol. The van der Waals surface area contributed by atoms with E-state index in [1.165, 1.54) is 12.1 Å². The van der Waals surface area contributed by atoms with Gasteiger partial charge in [0.15, 0.2) is 0 Å². The van der Waals surface area contributed by atoms with Crippen LogP contribution in [-0.2, 0) is 0 Å². The molecule has 0 bridgehead atoms. The van der Waals surface area contributed by atoms with E-state index >= 15 is 0 Å². The number of alkyl halides is 3. The van der Waals surface area contributed by atoms with Gasteiger partial charge in [-0.3, -0.25) is 4.98 Å². The summed E-state index contributed by atoms with van der Waals surface area (Å²) in [6.45, 7) is 0. The summed E-state index contributed by atoms with van der Waals surface area (Å²) in [4.78, 5) is 15.9. The second-order valence-electron chi connectivity index (χ2n) is 5.61. The molecule has 0 atom stereocenters. The van der Waals surface area contributed by atoms with E-state index in [9.17, 15) is 23.1 Å². The Hall–Kier alpha value is -2.31. The lowest BCUT2D eigenvalue weighted by Crippen LogP contribution is -2.17. The normalized spacial score (nSPS) is 16.0. The standard InChI is InChI=1S/C16H14F3NO3/c17-16(18,19)23-10-5-6-13-11(7-10)12(15(21)22)8-14(20-13)9-3-1-2-4-9/h5-9H,1-4H2,(H,21,22). The highest BCUT2D eigenvalue weighted by Crippen LogP contribution is 2.35. The molecule has 1 aromatic carbocycles. The third-order valence-corrected chi connectivity index (χ3v) is 4.04. The van der Waals surface area contributed by atoms with Crippen LogP contribution >= 0.6 is 0 Å². The molecule has 0 spiro atoms. The molecule has 1 aromatic heterocycles. The zero-order valence-electron chi connectivity index (χ0n) is 12.1. The van der Waals surface area contributed by atoms with Gasteiger partial charge in [-0.25, -0.2) is 4.79 Å². The Morgan fingerprint density at radius 1 is 1.22 bits per heavy atom. The van der Waals surface area contributed by atoms with Gasteiger partial charge in [0.2, 0.25) is 0 Å². The molecule has 0 radical (unpaired) electrons. The Labute approximate surface area is 129 Å². The van der Waals surface area contributed by atoms with Crippen molar-refractivity contribution in [1.29, 1.82) is 0 Å². The Kier molecular flexibility index (Phi) is 3.87. The Morgan fingerprint density at radius 2 is 1.91 bits per heavy atom. The summed E-state index contributed by atoms with van der Waals surface area (Å²) < 4.78 is 40.8. The van der Waals surface area contributed by atoms with Crippen LogP contribution in [0.3, 0.4) is 0 Å². The number of carboxylic acids is 1. The highest BCUT2D eigenvalue weighted by molar-refractivity contribution is 6.03. The van der Waals surface area contributed by atoms with Gasteiger partial charge in [-0.2, -0.15) is 0 Å². The van der Waals surface area contributed by atoms with Crippen LogP contribution in [0.4, 0.5) is 13.2 Å². The van der Waals surface area contributed by atoms with Crippen molar-refractivity contribution in [3.8, 4) is 5.75 Å². The van der Waals surface area contributed by atoms with E-state index in [2.05, 4.69) is 9.72 Å². The number of hydrogen-bond acceptors (Lipinski definition) is 3. The summed E-state index contributed by atoms with van der Waals surface area (Å²) >= 11 is 0. The van der Waals surface area contributed by atoms with Crippen LogP contribution in [0.2, 0.25) is 0 Å². The molecule has 23 heavy (non-hydrogen) atoms. The van der Waals surface area contributed by atoms with Gasteiger partial charge < -0.3 is 9.84 Å². The summed E-state index contributed by atoms with van der Waals surface area (Å²) in [7, 11) is 0. The summed E-state index contributed by atoms with van der Waals surface area (Å²) in [6.07, 6.45) is -0.774. The van der Waals surface area contributed by atoms with Crippen LogP contribution in [0.1, 0.15) is 47.7 Å². The van der Waals surface area contributed by atoms with Crippen LogP contribution in [0, 0.1) is 0 Å². The number of fused-ring (bicyclic) bond motifs is 1. The van der Waals surface area contributed by atoms with E-state index in [0.29, 0.717) is 11.2 Å². The minimum absolute atomic E-state index is 0.0514. The average molecular weight is 325 g/mol. The van der Waals surface area contributed by atoms with E-state index in [1.807, 2.05) is 0 Å². The predicted molar refractivity (Wildman–Crippen MR) is 76.6 cm³/mol. The second kappa shape index (κ2) is 5.72. The largest absolute Gasteiger partial charge is 0.573 e. The molecule has 0 unspecified atom stereocenters. The quantitative estimate of drug-likeness (QED) is 0.903. The molecule has 1 fully saturated rings. The maximum Gasteiger partial charge on any atom is 0.573 e. The van der Waals surface area contributed by atoms with E-state index in [1.54, 1.807) is 0 Å². The lowest BCUT2D eigenvalue weighted by Gasteiger charge is -2.13. The number of ether oxygens (including phenoxy) is 1. The van der Waals surface area contributed by atoms with E-state index in [-0.39, 0.29) is 16.9 Å². The molecule has 7 heteroatoms. The maximum atomic E-state index is 12.3. The smallest absolute Gasteiger partial charge is 0.478 e. The fourth-order valence-electron chi connectivity index (χ4n) is 3.03. The van der Waals surface area contributed by atoms with Gasteiger partial charge in [-0.05, 0) is 37.1 Å². The molecule has 0 amide bonds. The summed E-state index contributed by atoms with van der Waals surface area (Å²) in [5.74, 6) is -1.44. The molecule has 1 heterocycles. The number of carboxylic acid groups (broad SMARTS) is 1. The van der Waals surface area contributed by atoms with Crippen molar-refractivity contribution >= 4 is 16.9 Å². The second-order valence-corrected chi connectivity index (χ2v) is 5.61. The number of aromatic nitrogens is 1. The average Bonchev–Trinajstić information content (AvgIpc) is 2.98. The van der Waals surface area contributed by atoms with Crippen LogP contribution in [-0.4, -0.2) is 22.4 Å². The van der Waals surface area contributed by atoms with Gasteiger partial charge in [0.05, 0.1) is 11.1 Å². The van der Waals surface area contributed by atoms with Crippen molar-refractivity contribution in [2.75, 3.05) is 0 Å². The van der Waals surface area contributed by atoms with E-state index in [4.69, 9.17) is 0 Å². The van der Waals surface area contributed by atoms with Crippen molar-refractivity contribution in [2.45, 2.75) is 38.0 Å². The number of aromatic carboxylic acids is 1. The molecule has 122 valence electrons. The zero-order chi connectivity index (χ0) is 16.6. The molecule has 1 aliphatic rings. The number of halogens is 3. The van der Waals surface area contributed by atoms with Crippen LogP contribution in [0.15, 0.2) is 24.3 Å². The predicted octanol–water partition coefficient (Wildman–Crippen LogP) is 4.49. The number of hydrogen-bond donors (Lipinski definition) is 1. The van der Waals surface area contributed by atoms with Crippen molar-refractivity contribution in [3.63, 3.8) is 0 Å². The number of rotatable bonds is 3. The number of pyridine rings is 1. The first-order chi connectivity index (χ1) is 10.8. The Bertz CT molecular complexity index is 752. The molecule has 4 nitrogen and oxygen atoms in total. The molecule has 1 saturated carbocycles. The molecule has 1 aliphatic carbocycles. The van der Waals surface area contributed by atoms with E-state index < -0.39 is 18.1 Å². The van der Waals surface area contributed by atoms with Gasteiger partial charge in [0, 0.05) is 17.0 Å². The summed E-state index contributed by atoms with van der Waals surface area (Å²) in [6, 6.07) is 5.05. The minimum Gasteiger partial charge on any atom is -0.478 e. The topological polar surface area (TPSA) is 59.4 Å². The summed E-state index contributed by atoms with van der Waals surface area (Å²) in [5, 5.41) is 9.52.